The number of anilines is 1. The highest BCUT2D eigenvalue weighted by molar-refractivity contribution is 6.32. The zero-order valence-corrected chi connectivity index (χ0v) is 9.50. The van der Waals surface area contributed by atoms with Gasteiger partial charge >= 0.3 is 0 Å². The maximum atomic E-state index is 6.07. The van der Waals surface area contributed by atoms with Crippen LogP contribution in [0.3, 0.4) is 0 Å². The molecule has 81 valence electrons. The standard InChI is InChI=1S/C11H14ClN2O/c1-15-11-9(12)3-2-4-10(11)14-7-5-13-6-8-14/h2-4H,5-8H2,1H3. The number of benzene rings is 1. The van der Waals surface area contributed by atoms with E-state index in [1.165, 1.54) is 0 Å². The van der Waals surface area contributed by atoms with Crippen LogP contribution in [-0.4, -0.2) is 33.3 Å². The topological polar surface area (TPSA) is 26.6 Å². The molecule has 0 unspecified atom stereocenters. The molecule has 4 heteroatoms. The highest BCUT2D eigenvalue weighted by atomic mass is 35.5. The summed E-state index contributed by atoms with van der Waals surface area (Å²) in [7, 11) is 1.65. The molecule has 0 amide bonds. The summed E-state index contributed by atoms with van der Waals surface area (Å²) in [6.07, 6.45) is 0. The molecule has 3 nitrogen and oxygen atoms in total. The van der Waals surface area contributed by atoms with E-state index in [2.05, 4.69) is 10.2 Å². The van der Waals surface area contributed by atoms with Crippen molar-refractivity contribution in [1.29, 1.82) is 0 Å². The predicted molar refractivity (Wildman–Crippen MR) is 62.1 cm³/mol. The Kier molecular flexibility index (Phi) is 3.34. The van der Waals surface area contributed by atoms with Crippen molar-refractivity contribution in [2.24, 2.45) is 0 Å². The number of hydrogen-bond acceptors (Lipinski definition) is 2. The van der Waals surface area contributed by atoms with Crippen molar-refractivity contribution in [3.63, 3.8) is 0 Å². The summed E-state index contributed by atoms with van der Waals surface area (Å²) in [4.78, 5) is 2.26. The largest absolute Gasteiger partial charge is 0.493 e. The molecule has 15 heavy (non-hydrogen) atoms. The molecule has 0 N–H and O–H groups in total. The van der Waals surface area contributed by atoms with Gasteiger partial charge in [-0.3, -0.25) is 0 Å². The Labute approximate surface area is 95.0 Å². The van der Waals surface area contributed by atoms with E-state index in [1.807, 2.05) is 18.2 Å². The Morgan fingerprint density at radius 3 is 2.73 bits per heavy atom. The van der Waals surface area contributed by atoms with Crippen LogP contribution in [0.15, 0.2) is 18.2 Å². The van der Waals surface area contributed by atoms with Crippen LogP contribution in [0.5, 0.6) is 5.75 Å². The molecule has 0 aliphatic carbocycles. The fraction of sp³-hybridized carbons (Fsp3) is 0.455. The Morgan fingerprint density at radius 1 is 1.33 bits per heavy atom. The van der Waals surface area contributed by atoms with Crippen molar-refractivity contribution < 1.29 is 4.74 Å². The van der Waals surface area contributed by atoms with E-state index in [0.717, 1.165) is 37.6 Å². The molecular formula is C11H14ClN2O. The Morgan fingerprint density at radius 2 is 2.07 bits per heavy atom. The second-order valence-corrected chi connectivity index (χ2v) is 3.86. The van der Waals surface area contributed by atoms with E-state index in [1.54, 1.807) is 7.11 Å². The average molecular weight is 226 g/mol. The summed E-state index contributed by atoms with van der Waals surface area (Å²) in [5.74, 6) is 0.765. The summed E-state index contributed by atoms with van der Waals surface area (Å²) >= 11 is 6.07. The van der Waals surface area contributed by atoms with Gasteiger partial charge in [0.15, 0.2) is 5.75 Å². The first kappa shape index (κ1) is 10.6. The van der Waals surface area contributed by atoms with Crippen LogP contribution < -0.4 is 15.0 Å². The minimum Gasteiger partial charge on any atom is -0.493 e. The predicted octanol–water partition coefficient (Wildman–Crippen LogP) is 1.77. The monoisotopic (exact) mass is 225 g/mol. The van der Waals surface area contributed by atoms with Gasteiger partial charge in [0.2, 0.25) is 0 Å². The number of ether oxygens (including phenoxy) is 1. The number of methoxy groups -OCH3 is 1. The summed E-state index contributed by atoms with van der Waals surface area (Å²) in [6, 6.07) is 5.83. The van der Waals surface area contributed by atoms with Gasteiger partial charge in [0, 0.05) is 26.2 Å². The number of rotatable bonds is 2. The molecule has 1 aromatic carbocycles. The average Bonchev–Trinajstić information content (AvgIpc) is 2.30. The zero-order valence-electron chi connectivity index (χ0n) is 8.74. The first-order chi connectivity index (χ1) is 7.33. The SMILES string of the molecule is COc1c(Cl)cccc1N1CC[N]CC1. The Bertz CT molecular complexity index is 337. The van der Waals surface area contributed by atoms with Crippen LogP contribution >= 0.6 is 11.6 Å². The molecule has 0 aromatic heterocycles. The lowest BCUT2D eigenvalue weighted by Crippen LogP contribution is -2.40. The molecule has 1 aliphatic heterocycles. The highest BCUT2D eigenvalue weighted by Gasteiger charge is 2.16. The van der Waals surface area contributed by atoms with Crippen LogP contribution in [0.25, 0.3) is 0 Å². The van der Waals surface area contributed by atoms with Crippen LogP contribution in [0.2, 0.25) is 5.02 Å². The lowest BCUT2D eigenvalue weighted by molar-refractivity contribution is 0.413. The summed E-state index contributed by atoms with van der Waals surface area (Å²) in [5.41, 5.74) is 1.07. The number of halogens is 1. The first-order valence-electron chi connectivity index (χ1n) is 5.03. The summed E-state index contributed by atoms with van der Waals surface area (Å²) in [5, 5.41) is 4.98. The van der Waals surface area contributed by atoms with Gasteiger partial charge < -0.3 is 9.64 Å². The van der Waals surface area contributed by atoms with Gasteiger partial charge in [0.05, 0.1) is 17.8 Å². The van der Waals surface area contributed by atoms with Gasteiger partial charge in [-0.15, -0.1) is 0 Å². The van der Waals surface area contributed by atoms with Crippen LogP contribution in [0.1, 0.15) is 0 Å². The Balaban J connectivity index is 2.29. The first-order valence-corrected chi connectivity index (χ1v) is 5.41. The smallest absolute Gasteiger partial charge is 0.160 e. The van der Waals surface area contributed by atoms with Crippen molar-refractivity contribution >= 4 is 17.3 Å². The lowest BCUT2D eigenvalue weighted by atomic mass is 10.2. The van der Waals surface area contributed by atoms with Crippen molar-refractivity contribution in [3.8, 4) is 5.75 Å². The quantitative estimate of drug-likeness (QED) is 0.767. The molecule has 1 aliphatic rings. The normalized spacial score (nSPS) is 16.5. The second-order valence-electron chi connectivity index (χ2n) is 3.45. The maximum absolute atomic E-state index is 6.07. The minimum atomic E-state index is 0.664. The lowest BCUT2D eigenvalue weighted by Gasteiger charge is -2.30. The summed E-state index contributed by atoms with van der Waals surface area (Å²) in [6.45, 7) is 3.65. The number of nitrogens with zero attached hydrogens (tertiary/aromatic N) is 2. The number of hydrogen-bond donors (Lipinski definition) is 0. The van der Waals surface area contributed by atoms with Gasteiger partial charge in [-0.2, -0.15) is 0 Å². The highest BCUT2D eigenvalue weighted by Crippen LogP contribution is 2.35. The second kappa shape index (κ2) is 4.73. The van der Waals surface area contributed by atoms with Gasteiger partial charge in [-0.25, -0.2) is 5.32 Å². The molecule has 0 atom stereocenters. The fourth-order valence-corrected chi connectivity index (χ4v) is 2.04. The third kappa shape index (κ3) is 2.19. The van der Waals surface area contributed by atoms with Crippen molar-refractivity contribution in [1.82, 2.24) is 5.32 Å². The molecule has 1 heterocycles. The van der Waals surface area contributed by atoms with E-state index in [-0.39, 0.29) is 0 Å². The maximum Gasteiger partial charge on any atom is 0.160 e. The van der Waals surface area contributed by atoms with E-state index < -0.39 is 0 Å². The third-order valence-corrected chi connectivity index (χ3v) is 2.84. The van der Waals surface area contributed by atoms with E-state index in [9.17, 15) is 0 Å². The Hall–Kier alpha value is -0.930. The van der Waals surface area contributed by atoms with Crippen LogP contribution in [0.4, 0.5) is 5.69 Å². The fourth-order valence-electron chi connectivity index (χ4n) is 1.80. The zero-order chi connectivity index (χ0) is 10.7. The number of piperazine rings is 1. The van der Waals surface area contributed by atoms with Gasteiger partial charge in [0.1, 0.15) is 0 Å². The summed E-state index contributed by atoms with van der Waals surface area (Å²) < 4.78 is 5.33. The molecular weight excluding hydrogens is 212 g/mol. The molecule has 0 saturated carbocycles. The molecule has 1 fully saturated rings. The molecule has 1 saturated heterocycles. The van der Waals surface area contributed by atoms with Crippen molar-refractivity contribution in [2.75, 3.05) is 38.2 Å². The third-order valence-electron chi connectivity index (χ3n) is 2.55. The van der Waals surface area contributed by atoms with E-state index >= 15 is 0 Å². The van der Waals surface area contributed by atoms with Crippen molar-refractivity contribution in [3.05, 3.63) is 23.2 Å². The van der Waals surface area contributed by atoms with Gasteiger partial charge in [-0.05, 0) is 12.1 Å². The van der Waals surface area contributed by atoms with E-state index in [0.29, 0.717) is 5.02 Å². The molecule has 1 radical (unpaired) electrons. The van der Waals surface area contributed by atoms with Crippen LogP contribution in [0, 0.1) is 0 Å². The van der Waals surface area contributed by atoms with Crippen molar-refractivity contribution in [2.45, 2.75) is 0 Å². The van der Waals surface area contributed by atoms with Gasteiger partial charge in [-0.1, -0.05) is 17.7 Å². The van der Waals surface area contributed by atoms with E-state index in [4.69, 9.17) is 16.3 Å². The number of para-hydroxylation sites is 1. The minimum absolute atomic E-state index is 0.664. The molecule has 0 bridgehead atoms. The van der Waals surface area contributed by atoms with Crippen LogP contribution in [-0.2, 0) is 0 Å². The molecule has 1 aromatic rings. The molecule has 2 rings (SSSR count). The van der Waals surface area contributed by atoms with Gasteiger partial charge in [0.25, 0.3) is 0 Å². The molecule has 0 spiro atoms.